The van der Waals surface area contributed by atoms with Crippen LogP contribution < -0.4 is 10.1 Å². The average molecular weight is 582 g/mol. The highest BCUT2D eigenvalue weighted by atomic mass is 19.4. The molecule has 10 nitrogen and oxygen atoms in total. The van der Waals surface area contributed by atoms with Crippen LogP contribution in [0.4, 0.5) is 13.2 Å². The van der Waals surface area contributed by atoms with E-state index in [-0.39, 0.29) is 38.0 Å². The third-order valence-electron chi connectivity index (χ3n) is 5.57. The van der Waals surface area contributed by atoms with Gasteiger partial charge in [0.1, 0.15) is 5.75 Å². The molecule has 2 aromatic rings. The molecule has 2 rings (SSSR count). The monoisotopic (exact) mass is 581 g/mol. The van der Waals surface area contributed by atoms with Crippen LogP contribution in [-0.2, 0) is 46.2 Å². The minimum Gasteiger partial charge on any atom is -0.464 e. The highest BCUT2D eigenvalue weighted by molar-refractivity contribution is 6.07. The molecule has 0 atom stereocenters. The predicted octanol–water partition coefficient (Wildman–Crippen LogP) is 3.49. The maximum Gasteiger partial charge on any atom is 0.573 e. The van der Waals surface area contributed by atoms with E-state index in [1.807, 2.05) is 0 Å². The first kappa shape index (κ1) is 32.8. The number of ketones is 1. The Kier molecular flexibility index (Phi) is 11.9. The van der Waals surface area contributed by atoms with Gasteiger partial charge in [-0.05, 0) is 49.9 Å². The maximum atomic E-state index is 12.7. The second-order valence-corrected chi connectivity index (χ2v) is 8.68. The number of hydrogen-bond acceptors (Lipinski definition) is 9. The van der Waals surface area contributed by atoms with Gasteiger partial charge in [0, 0.05) is 12.5 Å². The number of benzene rings is 2. The molecule has 0 aliphatic rings. The maximum absolute atomic E-state index is 12.7. The van der Waals surface area contributed by atoms with Crippen LogP contribution in [0.15, 0.2) is 48.5 Å². The van der Waals surface area contributed by atoms with Crippen LogP contribution in [0.25, 0.3) is 0 Å². The van der Waals surface area contributed by atoms with E-state index in [4.69, 9.17) is 14.2 Å². The van der Waals surface area contributed by atoms with Crippen molar-refractivity contribution in [3.63, 3.8) is 0 Å². The van der Waals surface area contributed by atoms with E-state index >= 15 is 0 Å². The largest absolute Gasteiger partial charge is 0.573 e. The summed E-state index contributed by atoms with van der Waals surface area (Å²) in [6.07, 6.45) is -5.14. The van der Waals surface area contributed by atoms with Crippen molar-refractivity contribution in [2.24, 2.45) is 0 Å². The van der Waals surface area contributed by atoms with Crippen molar-refractivity contribution in [3.8, 4) is 5.75 Å². The standard InChI is InChI=1S/C28H30F3NO9/c1-4-38-25(36)27(32-18(3)33,26(37)39-5-2)15-14-19-6-10-21(11-7-19)23(34)17-40-24(35)16-20-8-12-22(13-9-20)41-28(29,30)31/h6-13H,4-5,14-17H2,1-3H3,(H,32,33). The third kappa shape index (κ3) is 10.2. The summed E-state index contributed by atoms with van der Waals surface area (Å²) in [5.41, 5.74) is -0.840. The highest BCUT2D eigenvalue weighted by Gasteiger charge is 2.49. The molecule has 0 heterocycles. The van der Waals surface area contributed by atoms with Crippen LogP contribution in [0.2, 0.25) is 0 Å². The SMILES string of the molecule is CCOC(=O)C(CCc1ccc(C(=O)COC(=O)Cc2ccc(OC(F)(F)F)cc2)cc1)(NC(C)=O)C(=O)OCC. The lowest BCUT2D eigenvalue weighted by atomic mass is 9.90. The number of alkyl halides is 3. The molecule has 1 N–H and O–H groups in total. The van der Waals surface area contributed by atoms with Gasteiger partial charge in [-0.25, -0.2) is 9.59 Å². The fourth-order valence-electron chi connectivity index (χ4n) is 3.71. The second kappa shape index (κ2) is 14.8. The van der Waals surface area contributed by atoms with Crippen LogP contribution in [-0.4, -0.2) is 61.3 Å². The molecular formula is C28H30F3NO9. The number of halogens is 3. The molecule has 0 spiro atoms. The van der Waals surface area contributed by atoms with Gasteiger partial charge in [-0.3, -0.25) is 14.4 Å². The lowest BCUT2D eigenvalue weighted by Gasteiger charge is -2.29. The molecule has 41 heavy (non-hydrogen) atoms. The zero-order valence-electron chi connectivity index (χ0n) is 22.7. The first-order chi connectivity index (χ1) is 19.3. The number of carbonyl (C=O) groups is 5. The Morgan fingerprint density at radius 2 is 1.32 bits per heavy atom. The molecule has 2 aromatic carbocycles. The molecule has 0 aromatic heterocycles. The summed E-state index contributed by atoms with van der Waals surface area (Å²) >= 11 is 0. The van der Waals surface area contributed by atoms with Gasteiger partial charge in [-0.1, -0.05) is 36.4 Å². The molecule has 222 valence electrons. The van der Waals surface area contributed by atoms with Gasteiger partial charge in [-0.15, -0.1) is 13.2 Å². The van der Waals surface area contributed by atoms with Crippen LogP contribution >= 0.6 is 0 Å². The first-order valence-corrected chi connectivity index (χ1v) is 12.5. The Morgan fingerprint density at radius 3 is 1.80 bits per heavy atom. The van der Waals surface area contributed by atoms with Gasteiger partial charge in [-0.2, -0.15) is 0 Å². The molecule has 0 aliphatic heterocycles. The van der Waals surface area contributed by atoms with Gasteiger partial charge in [0.2, 0.25) is 11.4 Å². The minimum atomic E-state index is -4.83. The number of carbonyl (C=O) groups excluding carboxylic acids is 5. The number of aryl methyl sites for hydroxylation is 1. The number of nitrogens with one attached hydrogen (secondary N) is 1. The van der Waals surface area contributed by atoms with E-state index in [1.54, 1.807) is 26.0 Å². The van der Waals surface area contributed by atoms with Gasteiger partial charge < -0.3 is 24.3 Å². The molecule has 13 heteroatoms. The summed E-state index contributed by atoms with van der Waals surface area (Å²) < 4.78 is 55.6. The molecule has 0 bridgehead atoms. The molecule has 0 unspecified atom stereocenters. The predicted molar refractivity (Wildman–Crippen MR) is 137 cm³/mol. The van der Waals surface area contributed by atoms with E-state index in [0.29, 0.717) is 11.1 Å². The summed E-state index contributed by atoms with van der Waals surface area (Å²) in [6.45, 7) is 3.66. The van der Waals surface area contributed by atoms with Crippen molar-refractivity contribution in [1.29, 1.82) is 0 Å². The van der Waals surface area contributed by atoms with Crippen LogP contribution in [0.3, 0.4) is 0 Å². The van der Waals surface area contributed by atoms with Crippen molar-refractivity contribution in [3.05, 3.63) is 65.2 Å². The zero-order valence-corrected chi connectivity index (χ0v) is 22.7. The zero-order chi connectivity index (χ0) is 30.6. The normalized spacial score (nSPS) is 11.3. The summed E-state index contributed by atoms with van der Waals surface area (Å²) in [4.78, 5) is 61.8. The molecule has 0 fully saturated rings. The van der Waals surface area contributed by atoms with Gasteiger partial charge in [0.25, 0.3) is 0 Å². The number of rotatable bonds is 14. The van der Waals surface area contributed by atoms with E-state index in [2.05, 4.69) is 10.1 Å². The van der Waals surface area contributed by atoms with Crippen molar-refractivity contribution >= 4 is 29.6 Å². The van der Waals surface area contributed by atoms with Crippen molar-refractivity contribution in [2.45, 2.75) is 51.9 Å². The Bertz CT molecular complexity index is 1210. The topological polar surface area (TPSA) is 134 Å². The second-order valence-electron chi connectivity index (χ2n) is 8.68. The highest BCUT2D eigenvalue weighted by Crippen LogP contribution is 2.23. The number of ether oxygens (including phenoxy) is 4. The summed E-state index contributed by atoms with van der Waals surface area (Å²) in [5.74, 6) is -4.23. The molecule has 0 saturated heterocycles. The van der Waals surface area contributed by atoms with Crippen molar-refractivity contribution in [1.82, 2.24) is 5.32 Å². The van der Waals surface area contributed by atoms with Crippen molar-refractivity contribution < 1.29 is 56.1 Å². The average Bonchev–Trinajstić information content (AvgIpc) is 2.90. The van der Waals surface area contributed by atoms with Gasteiger partial charge in [0.05, 0.1) is 19.6 Å². The Hall–Kier alpha value is -4.42. The summed E-state index contributed by atoms with van der Waals surface area (Å²) in [6, 6.07) is 10.8. The number of amides is 1. The summed E-state index contributed by atoms with van der Waals surface area (Å²) in [7, 11) is 0. The van der Waals surface area contributed by atoms with Crippen LogP contribution in [0.1, 0.15) is 48.7 Å². The van der Waals surface area contributed by atoms with Crippen molar-refractivity contribution in [2.75, 3.05) is 19.8 Å². The van der Waals surface area contributed by atoms with Gasteiger partial charge in [0.15, 0.2) is 12.4 Å². The first-order valence-electron chi connectivity index (χ1n) is 12.5. The van der Waals surface area contributed by atoms with Crippen LogP contribution in [0.5, 0.6) is 5.75 Å². The third-order valence-corrected chi connectivity index (χ3v) is 5.57. The number of hydrogen-bond donors (Lipinski definition) is 1. The lowest BCUT2D eigenvalue weighted by Crippen LogP contribution is -2.61. The molecule has 0 saturated carbocycles. The fourth-order valence-corrected chi connectivity index (χ4v) is 3.71. The fraction of sp³-hybridized carbons (Fsp3) is 0.393. The smallest absolute Gasteiger partial charge is 0.464 e. The quantitative estimate of drug-likeness (QED) is 0.154. The van der Waals surface area contributed by atoms with Crippen LogP contribution in [0, 0.1) is 0 Å². The summed E-state index contributed by atoms with van der Waals surface area (Å²) in [5, 5.41) is 2.38. The molecule has 0 aliphatic carbocycles. The Labute approximate surface area is 234 Å². The van der Waals surface area contributed by atoms with E-state index in [0.717, 1.165) is 19.1 Å². The van der Waals surface area contributed by atoms with E-state index in [9.17, 15) is 37.1 Å². The Morgan fingerprint density at radius 1 is 0.780 bits per heavy atom. The van der Waals surface area contributed by atoms with E-state index in [1.165, 1.54) is 24.3 Å². The minimum absolute atomic E-state index is 0.0237. The Balaban J connectivity index is 1.98. The molecule has 1 amide bonds. The number of Topliss-reactive ketones (excluding diaryl/α,β-unsaturated/α-hetero) is 1. The number of esters is 3. The molecule has 0 radical (unpaired) electrons. The lowest BCUT2D eigenvalue weighted by molar-refractivity contribution is -0.274. The van der Waals surface area contributed by atoms with E-state index < -0.39 is 53.9 Å². The van der Waals surface area contributed by atoms with Gasteiger partial charge >= 0.3 is 24.3 Å². The molecular weight excluding hydrogens is 551 g/mol.